The molecule has 3 unspecified atom stereocenters. The first-order chi connectivity index (χ1) is 32.6. The first kappa shape index (κ1) is 64.6. The van der Waals surface area contributed by atoms with Crippen LogP contribution in [0.1, 0.15) is 322 Å². The fourth-order valence-corrected chi connectivity index (χ4v) is 9.35. The van der Waals surface area contributed by atoms with Crippen LogP contribution in [0.4, 0.5) is 0 Å². The molecule has 0 spiro atoms. The number of allylic oxidation sites excluding steroid dienone is 6. The molecule has 0 radical (unpaired) electrons. The third kappa shape index (κ3) is 50.4. The summed E-state index contributed by atoms with van der Waals surface area (Å²) in [6.07, 6.45) is 73.4. The third-order valence-electron chi connectivity index (χ3n) is 13.9. The quantitative estimate of drug-likeness (QED) is 0.0361. The highest BCUT2D eigenvalue weighted by atomic mass is 16.3. The van der Waals surface area contributed by atoms with Crippen LogP contribution in [0, 0.1) is 0 Å². The predicted molar refractivity (Wildman–Crippen MR) is 291 cm³/mol. The smallest absolute Gasteiger partial charge is 0.220 e. The number of hydrogen-bond acceptors (Lipinski definition) is 4. The van der Waals surface area contributed by atoms with E-state index in [1.54, 1.807) is 0 Å². The van der Waals surface area contributed by atoms with Crippen LogP contribution in [0.2, 0.25) is 0 Å². The second-order valence-electron chi connectivity index (χ2n) is 20.5. The molecular weight excluding hydrogens is 811 g/mol. The first-order valence-electron chi connectivity index (χ1n) is 29.8. The van der Waals surface area contributed by atoms with E-state index in [1.165, 1.54) is 250 Å². The van der Waals surface area contributed by atoms with E-state index in [0.29, 0.717) is 12.8 Å². The molecule has 0 saturated heterocycles. The van der Waals surface area contributed by atoms with Crippen molar-refractivity contribution in [3.05, 3.63) is 36.5 Å². The molecule has 0 bridgehead atoms. The summed E-state index contributed by atoms with van der Waals surface area (Å²) in [5.74, 6) is -0.155. The molecule has 66 heavy (non-hydrogen) atoms. The maximum Gasteiger partial charge on any atom is 0.220 e. The Balaban J connectivity index is 3.44. The number of rotatable bonds is 55. The van der Waals surface area contributed by atoms with Crippen LogP contribution >= 0.6 is 0 Å². The topological polar surface area (TPSA) is 89.8 Å². The molecule has 0 rings (SSSR count). The van der Waals surface area contributed by atoms with Gasteiger partial charge in [0.15, 0.2) is 0 Å². The molecule has 0 fully saturated rings. The van der Waals surface area contributed by atoms with Crippen molar-refractivity contribution in [1.82, 2.24) is 5.32 Å². The zero-order valence-corrected chi connectivity index (χ0v) is 44.6. The van der Waals surface area contributed by atoms with Crippen molar-refractivity contribution < 1.29 is 20.1 Å². The third-order valence-corrected chi connectivity index (χ3v) is 13.9. The number of unbranched alkanes of at least 4 members (excludes halogenated alkanes) is 41. The van der Waals surface area contributed by atoms with Crippen molar-refractivity contribution >= 4 is 5.91 Å². The predicted octanol–water partition coefficient (Wildman–Crippen LogP) is 18.6. The van der Waals surface area contributed by atoms with Crippen LogP contribution in [0.15, 0.2) is 36.5 Å². The SMILES string of the molecule is CCCCCC/C=C/CC/C=C/CCCC(O)C(O)C(CO)NC(=O)CCCCCCCCCCCCCCCCCCC/C=C\CCCCCCCCCCCCCCCCCCCC. The minimum atomic E-state index is -1.17. The highest BCUT2D eigenvalue weighted by Gasteiger charge is 2.26. The molecule has 1 amide bonds. The summed E-state index contributed by atoms with van der Waals surface area (Å²) in [5, 5.41) is 33.6. The number of nitrogens with one attached hydrogen (secondary N) is 1. The number of aliphatic hydroxyl groups excluding tert-OH is 3. The Morgan fingerprint density at radius 1 is 0.364 bits per heavy atom. The molecule has 0 aromatic rings. The van der Waals surface area contributed by atoms with E-state index in [9.17, 15) is 20.1 Å². The van der Waals surface area contributed by atoms with Crippen molar-refractivity contribution in [1.29, 1.82) is 0 Å². The molecule has 390 valence electrons. The molecular formula is C61H117NO4. The lowest BCUT2D eigenvalue weighted by atomic mass is 10.0. The number of amides is 1. The van der Waals surface area contributed by atoms with Gasteiger partial charge in [-0.1, -0.05) is 275 Å². The van der Waals surface area contributed by atoms with E-state index in [-0.39, 0.29) is 12.5 Å². The van der Waals surface area contributed by atoms with Crippen LogP contribution in [0.3, 0.4) is 0 Å². The van der Waals surface area contributed by atoms with Gasteiger partial charge in [0.05, 0.1) is 18.8 Å². The summed E-state index contributed by atoms with van der Waals surface area (Å²) in [4.78, 5) is 12.5. The molecule has 0 aliphatic carbocycles. The van der Waals surface area contributed by atoms with Crippen LogP contribution < -0.4 is 5.32 Å². The Morgan fingerprint density at radius 2 is 0.621 bits per heavy atom. The molecule has 0 heterocycles. The van der Waals surface area contributed by atoms with E-state index in [2.05, 4.69) is 55.6 Å². The molecule has 3 atom stereocenters. The van der Waals surface area contributed by atoms with Crippen molar-refractivity contribution in [2.75, 3.05) is 6.61 Å². The zero-order valence-electron chi connectivity index (χ0n) is 44.6. The Bertz CT molecular complexity index is 1020. The number of hydrogen-bond donors (Lipinski definition) is 4. The van der Waals surface area contributed by atoms with Crippen LogP contribution in [-0.2, 0) is 4.79 Å². The van der Waals surface area contributed by atoms with Gasteiger partial charge in [0.25, 0.3) is 0 Å². The Morgan fingerprint density at radius 3 is 0.939 bits per heavy atom. The van der Waals surface area contributed by atoms with Gasteiger partial charge in [0.1, 0.15) is 6.10 Å². The minimum absolute atomic E-state index is 0.155. The van der Waals surface area contributed by atoms with Gasteiger partial charge < -0.3 is 20.6 Å². The van der Waals surface area contributed by atoms with Gasteiger partial charge in [-0.3, -0.25) is 4.79 Å². The molecule has 5 heteroatoms. The van der Waals surface area contributed by atoms with Gasteiger partial charge in [-0.25, -0.2) is 0 Å². The second-order valence-corrected chi connectivity index (χ2v) is 20.5. The van der Waals surface area contributed by atoms with Crippen molar-refractivity contribution in [3.8, 4) is 0 Å². The van der Waals surface area contributed by atoms with E-state index in [1.807, 2.05) is 0 Å². The highest BCUT2D eigenvalue weighted by molar-refractivity contribution is 5.76. The molecule has 4 N–H and O–H groups in total. The molecule has 0 aromatic heterocycles. The van der Waals surface area contributed by atoms with E-state index >= 15 is 0 Å². The molecule has 0 aliphatic rings. The maximum absolute atomic E-state index is 12.5. The Kier molecular flexibility index (Phi) is 54.9. The maximum atomic E-state index is 12.5. The largest absolute Gasteiger partial charge is 0.394 e. The zero-order chi connectivity index (χ0) is 47.9. The molecule has 0 aromatic carbocycles. The minimum Gasteiger partial charge on any atom is -0.394 e. The standard InChI is InChI=1S/C61H117NO4/c1-3-5-7-9-11-13-15-17-18-19-20-21-22-23-24-25-26-27-28-29-30-31-32-33-34-35-36-37-38-39-40-41-42-44-46-48-50-52-54-56-60(65)62-58(57-63)61(66)59(64)55-53-51-49-47-45-43-16-14-12-10-8-6-4-2/h14,16,29-30,47,49,58-59,61,63-64,66H,3-13,15,17-28,31-46,48,50-57H2,1-2H3,(H,62,65)/b16-14+,30-29-,49-47+. The fraction of sp³-hybridized carbons (Fsp3) is 0.885. The van der Waals surface area contributed by atoms with Crippen molar-refractivity contribution in [2.24, 2.45) is 0 Å². The summed E-state index contributed by atoms with van der Waals surface area (Å²) >= 11 is 0. The van der Waals surface area contributed by atoms with Gasteiger partial charge in [-0.15, -0.1) is 0 Å². The van der Waals surface area contributed by atoms with Crippen molar-refractivity contribution in [2.45, 2.75) is 340 Å². The number of carbonyl (C=O) groups excluding carboxylic acids is 1. The normalized spacial score (nSPS) is 13.5. The fourth-order valence-electron chi connectivity index (χ4n) is 9.35. The van der Waals surface area contributed by atoms with Gasteiger partial charge in [0.2, 0.25) is 5.91 Å². The van der Waals surface area contributed by atoms with Crippen LogP contribution in [0.5, 0.6) is 0 Å². The van der Waals surface area contributed by atoms with Gasteiger partial charge in [-0.2, -0.15) is 0 Å². The van der Waals surface area contributed by atoms with Crippen LogP contribution in [0.25, 0.3) is 0 Å². The summed E-state index contributed by atoms with van der Waals surface area (Å²) in [6, 6.07) is -0.831. The average Bonchev–Trinajstić information content (AvgIpc) is 3.32. The molecule has 0 saturated carbocycles. The number of aliphatic hydroxyl groups is 3. The summed E-state index contributed by atoms with van der Waals surface area (Å²) in [5.41, 5.74) is 0. The lowest BCUT2D eigenvalue weighted by molar-refractivity contribution is -0.124. The lowest BCUT2D eigenvalue weighted by Crippen LogP contribution is -2.50. The first-order valence-corrected chi connectivity index (χ1v) is 29.8. The summed E-state index contributed by atoms with van der Waals surface area (Å²) in [7, 11) is 0. The second kappa shape index (κ2) is 56.2. The van der Waals surface area contributed by atoms with Crippen LogP contribution in [-0.4, -0.2) is 46.1 Å². The van der Waals surface area contributed by atoms with E-state index in [0.717, 1.165) is 44.9 Å². The molecule has 0 aliphatic heterocycles. The highest BCUT2D eigenvalue weighted by Crippen LogP contribution is 2.18. The van der Waals surface area contributed by atoms with Gasteiger partial charge in [0, 0.05) is 6.42 Å². The summed E-state index contributed by atoms with van der Waals surface area (Å²) < 4.78 is 0. The Hall–Kier alpha value is -1.43. The van der Waals surface area contributed by atoms with E-state index < -0.39 is 18.2 Å². The van der Waals surface area contributed by atoms with E-state index in [4.69, 9.17) is 0 Å². The molecule has 5 nitrogen and oxygen atoms in total. The number of carbonyl (C=O) groups is 1. The van der Waals surface area contributed by atoms with Gasteiger partial charge in [-0.05, 0) is 77.0 Å². The monoisotopic (exact) mass is 928 g/mol. The Labute approximate surface area is 413 Å². The summed E-state index contributed by atoms with van der Waals surface area (Å²) in [6.45, 7) is 4.16. The van der Waals surface area contributed by atoms with Crippen molar-refractivity contribution in [3.63, 3.8) is 0 Å². The average molecular weight is 929 g/mol. The van der Waals surface area contributed by atoms with Gasteiger partial charge >= 0.3 is 0 Å². The lowest BCUT2D eigenvalue weighted by Gasteiger charge is -2.26.